The number of rotatable bonds is 11. The predicted octanol–water partition coefficient (Wildman–Crippen LogP) is 7.39. The van der Waals surface area contributed by atoms with Gasteiger partial charge in [-0.2, -0.15) is 5.10 Å². The number of aryl methyl sites for hydroxylation is 1. The highest BCUT2D eigenvalue weighted by Gasteiger charge is 2.16. The lowest BCUT2D eigenvalue weighted by Gasteiger charge is -2.14. The first-order chi connectivity index (χ1) is 19.3. The molecule has 3 aromatic heterocycles. The van der Waals surface area contributed by atoms with Crippen molar-refractivity contribution in [3.8, 4) is 11.1 Å². The molecule has 210 valence electrons. The van der Waals surface area contributed by atoms with Crippen LogP contribution in [0.5, 0.6) is 0 Å². The summed E-state index contributed by atoms with van der Waals surface area (Å²) in [6, 6.07) is 9.25. The van der Waals surface area contributed by atoms with E-state index in [2.05, 4.69) is 49.6 Å². The van der Waals surface area contributed by atoms with Crippen molar-refractivity contribution in [3.63, 3.8) is 0 Å². The molecule has 1 aromatic carbocycles. The van der Waals surface area contributed by atoms with Crippen molar-refractivity contribution in [2.75, 3.05) is 27.7 Å². The molecule has 0 saturated heterocycles. The van der Waals surface area contributed by atoms with E-state index in [-0.39, 0.29) is 5.82 Å². The van der Waals surface area contributed by atoms with E-state index in [9.17, 15) is 4.39 Å². The van der Waals surface area contributed by atoms with Crippen molar-refractivity contribution < 1.29 is 4.39 Å². The number of hydrogen-bond acceptors (Lipinski definition) is 4. The van der Waals surface area contributed by atoms with Gasteiger partial charge in [-0.1, -0.05) is 39.1 Å². The Kier molecular flexibility index (Phi) is 10.8. The maximum Gasteiger partial charge on any atom is 0.138 e. The number of nitrogens with zero attached hydrogens (tertiary/aromatic N) is 3. The molecule has 7 heteroatoms. The van der Waals surface area contributed by atoms with Crippen molar-refractivity contribution in [1.82, 2.24) is 30.4 Å². The molecule has 0 aliphatic carbocycles. The van der Waals surface area contributed by atoms with Crippen LogP contribution in [0.4, 0.5) is 4.39 Å². The van der Waals surface area contributed by atoms with Crippen LogP contribution in [0.3, 0.4) is 0 Å². The van der Waals surface area contributed by atoms with E-state index in [1.807, 2.05) is 72.4 Å². The molecule has 0 aliphatic heterocycles. The maximum absolute atomic E-state index is 14.7. The number of H-pyrrole nitrogens is 2. The molecule has 0 saturated carbocycles. The van der Waals surface area contributed by atoms with Crippen molar-refractivity contribution in [3.05, 3.63) is 108 Å². The van der Waals surface area contributed by atoms with Crippen LogP contribution in [0.15, 0.2) is 85.5 Å². The summed E-state index contributed by atoms with van der Waals surface area (Å²) >= 11 is 0. The monoisotopic (exact) mass is 540 g/mol. The average Bonchev–Trinajstić information content (AvgIpc) is 3.64. The summed E-state index contributed by atoms with van der Waals surface area (Å²) in [5.41, 5.74) is 8.57. The third kappa shape index (κ3) is 7.24. The van der Waals surface area contributed by atoms with E-state index in [0.29, 0.717) is 5.65 Å². The first-order valence-corrected chi connectivity index (χ1v) is 13.7. The van der Waals surface area contributed by atoms with E-state index in [4.69, 9.17) is 0 Å². The molecule has 4 rings (SSSR count). The molecular weight excluding hydrogens is 499 g/mol. The van der Waals surface area contributed by atoms with Gasteiger partial charge in [0.05, 0.1) is 6.20 Å². The van der Waals surface area contributed by atoms with Crippen molar-refractivity contribution in [2.45, 2.75) is 33.6 Å². The third-order valence-corrected chi connectivity index (χ3v) is 6.59. The minimum absolute atomic E-state index is 0.235. The van der Waals surface area contributed by atoms with Gasteiger partial charge in [0.2, 0.25) is 0 Å². The normalized spacial score (nSPS) is 11.9. The molecule has 0 amide bonds. The van der Waals surface area contributed by atoms with E-state index >= 15 is 0 Å². The Morgan fingerprint density at radius 2 is 1.93 bits per heavy atom. The fourth-order valence-electron chi connectivity index (χ4n) is 4.52. The molecule has 0 aliphatic rings. The summed E-state index contributed by atoms with van der Waals surface area (Å²) in [4.78, 5) is 10.1. The fourth-order valence-corrected chi connectivity index (χ4v) is 4.52. The van der Waals surface area contributed by atoms with Crippen LogP contribution in [0.25, 0.3) is 33.3 Å². The van der Waals surface area contributed by atoms with Gasteiger partial charge in [0.1, 0.15) is 11.5 Å². The number of hydrogen-bond donors (Lipinski definition) is 3. The minimum Gasteiger partial charge on any atom is -0.388 e. The molecule has 0 radical (unpaired) electrons. The third-order valence-electron chi connectivity index (χ3n) is 6.59. The Bertz CT molecular complexity index is 1510. The average molecular weight is 541 g/mol. The zero-order valence-electron chi connectivity index (χ0n) is 24.5. The maximum atomic E-state index is 14.7. The number of likely N-dealkylation sites (N-methyl/N-ethyl adjacent to an activating group) is 1. The second-order valence-electron chi connectivity index (χ2n) is 9.55. The number of fused-ring (bicyclic) bond motifs is 1. The predicted molar refractivity (Wildman–Crippen MR) is 167 cm³/mol. The van der Waals surface area contributed by atoms with E-state index in [0.717, 1.165) is 75.1 Å². The SMILES string of the molecule is C=C(NC)/C(=C\C(=C/C)c1cn[nH]c1)C(=C)c1cc2c(-c3cc(F)cc(CCCN(C)C)c3)ccnc2[nH]1.CC. The summed E-state index contributed by atoms with van der Waals surface area (Å²) in [6.07, 6.45) is 11.2. The van der Waals surface area contributed by atoms with E-state index < -0.39 is 0 Å². The van der Waals surface area contributed by atoms with Gasteiger partial charge in [0.15, 0.2) is 0 Å². The first kappa shape index (κ1) is 30.3. The summed E-state index contributed by atoms with van der Waals surface area (Å²) in [6.45, 7) is 15.5. The molecule has 0 bridgehead atoms. The molecular formula is C33H41FN6. The Morgan fingerprint density at radius 3 is 2.58 bits per heavy atom. The molecule has 0 unspecified atom stereocenters. The molecule has 0 spiro atoms. The van der Waals surface area contributed by atoms with Gasteiger partial charge >= 0.3 is 0 Å². The van der Waals surface area contributed by atoms with Gasteiger partial charge < -0.3 is 15.2 Å². The van der Waals surface area contributed by atoms with Crippen molar-refractivity contribution in [1.29, 1.82) is 0 Å². The minimum atomic E-state index is -0.235. The lowest BCUT2D eigenvalue weighted by atomic mass is 9.96. The van der Waals surface area contributed by atoms with Crippen LogP contribution in [-0.2, 0) is 6.42 Å². The molecule has 6 nitrogen and oxygen atoms in total. The number of halogens is 1. The highest BCUT2D eigenvalue weighted by atomic mass is 19.1. The van der Waals surface area contributed by atoms with Gasteiger partial charge in [-0.25, -0.2) is 9.37 Å². The Hall–Kier alpha value is -4.23. The summed E-state index contributed by atoms with van der Waals surface area (Å²) in [5, 5.41) is 11.0. The topological polar surface area (TPSA) is 72.6 Å². The van der Waals surface area contributed by atoms with Crippen molar-refractivity contribution >= 4 is 22.2 Å². The Balaban J connectivity index is 0.00000216. The first-order valence-electron chi connectivity index (χ1n) is 13.7. The number of aromatic amines is 2. The molecule has 3 heterocycles. The number of nitrogens with one attached hydrogen (secondary N) is 3. The van der Waals surface area contributed by atoms with Crippen molar-refractivity contribution in [2.24, 2.45) is 0 Å². The second kappa shape index (κ2) is 14.2. The van der Waals surface area contributed by atoms with Crippen LogP contribution in [0.2, 0.25) is 0 Å². The largest absolute Gasteiger partial charge is 0.388 e. The fraction of sp³-hybridized carbons (Fsp3) is 0.273. The molecule has 40 heavy (non-hydrogen) atoms. The van der Waals surface area contributed by atoms with Crippen LogP contribution in [0, 0.1) is 5.82 Å². The molecule has 3 N–H and O–H groups in total. The lowest BCUT2D eigenvalue weighted by molar-refractivity contribution is 0.400. The highest BCUT2D eigenvalue weighted by Crippen LogP contribution is 2.34. The number of pyridine rings is 1. The standard InChI is InChI=1S/C31H35FN6.C2H6/c1-7-23(25-18-35-36-19-25)16-28(21(3)33-4)20(2)30-17-29-27(10-11-34-31(29)37-30)24-13-22(14-26(32)15-24)9-8-12-38(5)6;1-2/h7,10-11,13-19,33H,2-3,8-9,12H2,1,4-6H3,(H,34,37)(H,35,36);1-2H3/b23-7+,28-16-;. The summed E-state index contributed by atoms with van der Waals surface area (Å²) in [7, 11) is 5.93. The van der Waals surface area contributed by atoms with Gasteiger partial charge in [0.25, 0.3) is 0 Å². The molecule has 0 fully saturated rings. The van der Waals surface area contributed by atoms with E-state index in [1.54, 1.807) is 24.5 Å². The quantitative estimate of drug-likeness (QED) is 0.174. The van der Waals surface area contributed by atoms with Crippen LogP contribution in [0.1, 0.15) is 44.0 Å². The zero-order chi connectivity index (χ0) is 29.2. The summed E-state index contributed by atoms with van der Waals surface area (Å²) in [5.74, 6) is -0.235. The van der Waals surface area contributed by atoms with Gasteiger partial charge in [-0.15, -0.1) is 0 Å². The Morgan fingerprint density at radius 1 is 1.15 bits per heavy atom. The Labute approximate surface area is 237 Å². The highest BCUT2D eigenvalue weighted by molar-refractivity contribution is 5.97. The van der Waals surface area contributed by atoms with Crippen LogP contribution in [-0.4, -0.2) is 52.8 Å². The van der Waals surface area contributed by atoms with Gasteiger partial charge in [-0.05, 0) is 93.0 Å². The van der Waals surface area contributed by atoms with Crippen LogP contribution < -0.4 is 5.32 Å². The smallest absolute Gasteiger partial charge is 0.138 e. The number of benzene rings is 1. The van der Waals surface area contributed by atoms with Gasteiger partial charge in [-0.3, -0.25) is 5.10 Å². The summed E-state index contributed by atoms with van der Waals surface area (Å²) < 4.78 is 14.7. The number of aromatic nitrogens is 4. The van der Waals surface area contributed by atoms with Gasteiger partial charge in [0, 0.05) is 52.9 Å². The lowest BCUT2D eigenvalue weighted by Crippen LogP contribution is -2.13. The van der Waals surface area contributed by atoms with Crippen LogP contribution >= 0.6 is 0 Å². The number of allylic oxidation sites excluding steroid dienone is 4. The molecule has 0 atom stereocenters. The zero-order valence-corrected chi connectivity index (χ0v) is 24.5. The molecule has 4 aromatic rings. The van der Waals surface area contributed by atoms with E-state index in [1.165, 1.54) is 0 Å². The second-order valence-corrected chi connectivity index (χ2v) is 9.55.